The SMILES string of the molecule is COc1ccc(C(Br)C(C)c2ccccc2)c(C)c1. The molecule has 2 aromatic carbocycles. The van der Waals surface area contributed by atoms with Crippen LogP contribution < -0.4 is 4.74 Å². The average molecular weight is 319 g/mol. The fraction of sp³-hybridized carbons (Fsp3) is 0.294. The summed E-state index contributed by atoms with van der Waals surface area (Å²) < 4.78 is 5.26. The van der Waals surface area contributed by atoms with E-state index in [-0.39, 0.29) is 0 Å². The minimum atomic E-state index is 0.306. The van der Waals surface area contributed by atoms with Crippen molar-refractivity contribution in [3.05, 3.63) is 65.2 Å². The lowest BCUT2D eigenvalue weighted by molar-refractivity contribution is 0.414. The Hall–Kier alpha value is -1.28. The predicted molar refractivity (Wildman–Crippen MR) is 84.3 cm³/mol. The second-order valence-electron chi connectivity index (χ2n) is 4.82. The maximum atomic E-state index is 5.26. The van der Waals surface area contributed by atoms with Gasteiger partial charge in [0.15, 0.2) is 0 Å². The van der Waals surface area contributed by atoms with Crippen LogP contribution in [0, 0.1) is 6.92 Å². The van der Waals surface area contributed by atoms with Gasteiger partial charge in [-0.15, -0.1) is 0 Å². The van der Waals surface area contributed by atoms with E-state index >= 15 is 0 Å². The molecule has 0 N–H and O–H groups in total. The van der Waals surface area contributed by atoms with Gasteiger partial charge in [0.1, 0.15) is 5.75 Å². The molecule has 100 valence electrons. The number of methoxy groups -OCH3 is 1. The summed E-state index contributed by atoms with van der Waals surface area (Å²) in [4.78, 5) is 0.306. The van der Waals surface area contributed by atoms with Crippen molar-refractivity contribution in [2.45, 2.75) is 24.6 Å². The van der Waals surface area contributed by atoms with Gasteiger partial charge < -0.3 is 4.74 Å². The number of alkyl halides is 1. The smallest absolute Gasteiger partial charge is 0.119 e. The summed E-state index contributed by atoms with van der Waals surface area (Å²) in [7, 11) is 1.70. The lowest BCUT2D eigenvalue weighted by Crippen LogP contribution is -2.04. The Morgan fingerprint density at radius 2 is 1.74 bits per heavy atom. The molecule has 0 aromatic heterocycles. The summed E-state index contributed by atoms with van der Waals surface area (Å²) >= 11 is 3.84. The number of halogens is 1. The van der Waals surface area contributed by atoms with Crippen LogP contribution in [0.5, 0.6) is 5.75 Å². The summed E-state index contributed by atoms with van der Waals surface area (Å²) in [6.07, 6.45) is 0. The molecule has 0 aliphatic carbocycles. The van der Waals surface area contributed by atoms with Gasteiger partial charge in [0.2, 0.25) is 0 Å². The standard InChI is InChI=1S/C17H19BrO/c1-12-11-15(19-3)9-10-16(12)17(18)13(2)14-7-5-4-6-8-14/h4-11,13,17H,1-3H3. The molecule has 0 bridgehead atoms. The van der Waals surface area contributed by atoms with Gasteiger partial charge >= 0.3 is 0 Å². The van der Waals surface area contributed by atoms with Crippen molar-refractivity contribution in [2.24, 2.45) is 0 Å². The van der Waals surface area contributed by atoms with Crippen LogP contribution in [0.1, 0.15) is 34.4 Å². The third-order valence-electron chi connectivity index (χ3n) is 3.54. The van der Waals surface area contributed by atoms with E-state index in [0.29, 0.717) is 10.7 Å². The molecule has 0 saturated heterocycles. The van der Waals surface area contributed by atoms with Crippen LogP contribution in [0.25, 0.3) is 0 Å². The highest BCUT2D eigenvalue weighted by atomic mass is 79.9. The van der Waals surface area contributed by atoms with Crippen LogP contribution in [-0.4, -0.2) is 7.11 Å². The van der Waals surface area contributed by atoms with E-state index < -0.39 is 0 Å². The Labute approximate surface area is 123 Å². The summed E-state index contributed by atoms with van der Waals surface area (Å²) in [5, 5.41) is 0. The Kier molecular flexibility index (Phi) is 4.65. The zero-order valence-electron chi connectivity index (χ0n) is 11.6. The average Bonchev–Trinajstić information content (AvgIpc) is 2.46. The molecule has 0 fully saturated rings. The highest BCUT2D eigenvalue weighted by Gasteiger charge is 2.19. The molecule has 2 heteroatoms. The second-order valence-corrected chi connectivity index (χ2v) is 5.81. The molecule has 2 rings (SSSR count). The first-order chi connectivity index (χ1) is 9.13. The molecule has 0 spiro atoms. The van der Waals surface area contributed by atoms with Gasteiger partial charge in [-0.05, 0) is 41.7 Å². The van der Waals surface area contributed by atoms with Crippen molar-refractivity contribution in [3.8, 4) is 5.75 Å². The maximum absolute atomic E-state index is 5.26. The largest absolute Gasteiger partial charge is 0.497 e. The van der Waals surface area contributed by atoms with Crippen molar-refractivity contribution >= 4 is 15.9 Å². The Morgan fingerprint density at radius 3 is 2.32 bits per heavy atom. The Bertz CT molecular complexity index is 536. The number of ether oxygens (including phenoxy) is 1. The van der Waals surface area contributed by atoms with E-state index in [2.05, 4.69) is 72.2 Å². The maximum Gasteiger partial charge on any atom is 0.119 e. The van der Waals surface area contributed by atoms with Crippen LogP contribution in [0.4, 0.5) is 0 Å². The number of aryl methyl sites for hydroxylation is 1. The van der Waals surface area contributed by atoms with E-state index in [1.165, 1.54) is 16.7 Å². The van der Waals surface area contributed by atoms with E-state index in [4.69, 9.17) is 4.74 Å². The summed E-state index contributed by atoms with van der Waals surface area (Å²) in [5.41, 5.74) is 3.92. The van der Waals surface area contributed by atoms with Crippen molar-refractivity contribution < 1.29 is 4.74 Å². The van der Waals surface area contributed by atoms with Crippen LogP contribution in [0.15, 0.2) is 48.5 Å². The van der Waals surface area contributed by atoms with Crippen LogP contribution in [-0.2, 0) is 0 Å². The van der Waals surface area contributed by atoms with Gasteiger partial charge in [0.25, 0.3) is 0 Å². The molecule has 0 radical (unpaired) electrons. The van der Waals surface area contributed by atoms with Crippen molar-refractivity contribution in [1.29, 1.82) is 0 Å². The fourth-order valence-electron chi connectivity index (χ4n) is 2.28. The molecular formula is C17H19BrO. The summed E-state index contributed by atoms with van der Waals surface area (Å²) in [6, 6.07) is 16.8. The lowest BCUT2D eigenvalue weighted by Gasteiger charge is -2.21. The van der Waals surface area contributed by atoms with E-state index in [1.54, 1.807) is 7.11 Å². The van der Waals surface area contributed by atoms with E-state index in [1.807, 2.05) is 6.07 Å². The number of benzene rings is 2. The second kappa shape index (κ2) is 6.25. The Balaban J connectivity index is 2.26. The highest BCUT2D eigenvalue weighted by molar-refractivity contribution is 9.09. The summed E-state index contributed by atoms with van der Waals surface area (Å²) in [6.45, 7) is 4.38. The molecular weight excluding hydrogens is 300 g/mol. The fourth-order valence-corrected chi connectivity index (χ4v) is 3.10. The lowest BCUT2D eigenvalue weighted by atomic mass is 9.91. The van der Waals surface area contributed by atoms with Crippen LogP contribution in [0.3, 0.4) is 0 Å². The number of rotatable bonds is 4. The van der Waals surface area contributed by atoms with Crippen LogP contribution >= 0.6 is 15.9 Å². The topological polar surface area (TPSA) is 9.23 Å². The predicted octanol–water partition coefficient (Wildman–Crippen LogP) is 5.24. The van der Waals surface area contributed by atoms with Gasteiger partial charge in [-0.25, -0.2) is 0 Å². The zero-order valence-corrected chi connectivity index (χ0v) is 13.1. The zero-order chi connectivity index (χ0) is 13.8. The third-order valence-corrected chi connectivity index (χ3v) is 4.82. The minimum Gasteiger partial charge on any atom is -0.497 e. The van der Waals surface area contributed by atoms with Gasteiger partial charge in [-0.3, -0.25) is 0 Å². The molecule has 0 aliphatic heterocycles. The molecule has 2 unspecified atom stereocenters. The quantitative estimate of drug-likeness (QED) is 0.700. The van der Waals surface area contributed by atoms with Crippen molar-refractivity contribution in [2.75, 3.05) is 7.11 Å². The Morgan fingerprint density at radius 1 is 1.05 bits per heavy atom. The summed E-state index contributed by atoms with van der Waals surface area (Å²) in [5.74, 6) is 1.33. The minimum absolute atomic E-state index is 0.306. The highest BCUT2D eigenvalue weighted by Crippen LogP contribution is 2.39. The molecule has 2 atom stereocenters. The van der Waals surface area contributed by atoms with Gasteiger partial charge in [-0.1, -0.05) is 59.3 Å². The molecule has 0 amide bonds. The van der Waals surface area contributed by atoms with Crippen molar-refractivity contribution in [1.82, 2.24) is 0 Å². The normalized spacial score (nSPS) is 13.9. The number of hydrogen-bond donors (Lipinski definition) is 0. The van der Waals surface area contributed by atoms with Gasteiger partial charge in [-0.2, -0.15) is 0 Å². The first-order valence-electron chi connectivity index (χ1n) is 6.47. The molecule has 0 aliphatic rings. The van der Waals surface area contributed by atoms with Gasteiger partial charge in [0, 0.05) is 4.83 Å². The molecule has 0 heterocycles. The molecule has 0 saturated carbocycles. The third kappa shape index (κ3) is 3.19. The molecule has 19 heavy (non-hydrogen) atoms. The van der Waals surface area contributed by atoms with E-state index in [0.717, 1.165) is 5.75 Å². The van der Waals surface area contributed by atoms with Crippen molar-refractivity contribution in [3.63, 3.8) is 0 Å². The first-order valence-corrected chi connectivity index (χ1v) is 7.38. The molecule has 1 nitrogen and oxygen atoms in total. The monoisotopic (exact) mass is 318 g/mol. The molecule has 2 aromatic rings. The van der Waals surface area contributed by atoms with Gasteiger partial charge in [0.05, 0.1) is 7.11 Å². The van der Waals surface area contributed by atoms with Crippen LogP contribution in [0.2, 0.25) is 0 Å². The number of hydrogen-bond acceptors (Lipinski definition) is 1. The first kappa shape index (κ1) is 14.1. The van der Waals surface area contributed by atoms with E-state index in [9.17, 15) is 0 Å².